The van der Waals surface area contributed by atoms with Gasteiger partial charge in [0.2, 0.25) is 0 Å². The fraction of sp³-hybridized carbons (Fsp3) is 0.235. The summed E-state index contributed by atoms with van der Waals surface area (Å²) in [4.78, 5) is 12.2. The number of esters is 1. The Morgan fingerprint density at radius 3 is 2.45 bits per heavy atom. The van der Waals surface area contributed by atoms with Gasteiger partial charge >= 0.3 is 5.97 Å². The van der Waals surface area contributed by atoms with Crippen molar-refractivity contribution >= 4 is 21.4 Å². The Balaban J connectivity index is 2.18. The van der Waals surface area contributed by atoms with Crippen molar-refractivity contribution in [1.82, 2.24) is 0 Å². The van der Waals surface area contributed by atoms with Gasteiger partial charge in [0.05, 0.1) is 11.3 Å². The highest BCUT2D eigenvalue weighted by Gasteiger charge is 2.10. The molecule has 0 unspecified atom stereocenters. The normalized spacial score (nSPS) is 11.0. The Morgan fingerprint density at radius 1 is 1.14 bits per heavy atom. The van der Waals surface area contributed by atoms with Crippen LogP contribution in [-0.4, -0.2) is 22.7 Å². The lowest BCUT2D eigenvalue weighted by atomic mass is 10.1. The van der Waals surface area contributed by atoms with Gasteiger partial charge in [-0.1, -0.05) is 30.3 Å². The number of carbonyl (C=O) groups excluding carboxylic acids is 1. The number of aryl methyl sites for hydroxylation is 1. The van der Waals surface area contributed by atoms with Gasteiger partial charge in [0, 0.05) is 22.2 Å². The average Bonchev–Trinajstić information content (AvgIpc) is 2.43. The van der Waals surface area contributed by atoms with E-state index in [0.29, 0.717) is 11.3 Å². The van der Waals surface area contributed by atoms with Crippen LogP contribution in [0.2, 0.25) is 0 Å². The second-order valence-electron chi connectivity index (χ2n) is 5.39. The zero-order valence-electron chi connectivity index (χ0n) is 12.9. The molecule has 0 spiro atoms. The van der Waals surface area contributed by atoms with E-state index >= 15 is 0 Å². The van der Waals surface area contributed by atoms with Crippen molar-refractivity contribution in [3.63, 3.8) is 0 Å². The topological polar surface area (TPSA) is 55.7 Å². The van der Waals surface area contributed by atoms with Crippen LogP contribution in [0.15, 0.2) is 52.9 Å². The third-order valence-corrected chi connectivity index (χ3v) is 3.49. The van der Waals surface area contributed by atoms with Crippen molar-refractivity contribution in [2.75, 3.05) is 12.5 Å². The first-order valence-corrected chi connectivity index (χ1v) is 9.16. The van der Waals surface area contributed by atoms with Crippen LogP contribution in [0, 0.1) is 6.92 Å². The summed E-state index contributed by atoms with van der Waals surface area (Å²) in [5, 5.41) is 0. The van der Waals surface area contributed by atoms with Gasteiger partial charge in [-0.25, -0.2) is 9.00 Å². The molecule has 0 saturated heterocycles. The van der Waals surface area contributed by atoms with Crippen molar-refractivity contribution in [3.05, 3.63) is 65.2 Å². The maximum Gasteiger partial charge on any atom is 0.338 e. The monoisotopic (exact) mass is 317 g/mol. The van der Waals surface area contributed by atoms with E-state index in [9.17, 15) is 9.00 Å². The van der Waals surface area contributed by atoms with Gasteiger partial charge in [-0.15, -0.1) is 0 Å². The molecule has 0 atom stereocenters. The van der Waals surface area contributed by atoms with E-state index in [2.05, 4.69) is 4.36 Å². The molecule has 2 aromatic rings. The molecule has 4 nitrogen and oxygen atoms in total. The summed E-state index contributed by atoms with van der Waals surface area (Å²) in [6.45, 7) is 2.08. The highest BCUT2D eigenvalue weighted by atomic mass is 32.2. The molecule has 0 aliphatic rings. The van der Waals surface area contributed by atoms with E-state index < -0.39 is 15.7 Å². The molecule has 0 radical (unpaired) electrons. The van der Waals surface area contributed by atoms with Gasteiger partial charge in [-0.2, -0.15) is 4.36 Å². The van der Waals surface area contributed by atoms with Crippen LogP contribution >= 0.6 is 0 Å². The lowest BCUT2D eigenvalue weighted by Crippen LogP contribution is -2.05. The van der Waals surface area contributed by atoms with Gasteiger partial charge in [-0.05, 0) is 36.2 Å². The molecule has 0 bridgehead atoms. The first kappa shape index (κ1) is 16.2. The van der Waals surface area contributed by atoms with E-state index in [0.717, 1.165) is 11.1 Å². The zero-order chi connectivity index (χ0) is 16.2. The Bertz CT molecular complexity index is 783. The third kappa shape index (κ3) is 5.00. The average molecular weight is 317 g/mol. The SMILES string of the molecule is Cc1cc(N=S(C)(C)=O)cc(C(=O)OCc2ccccc2)c1. The molecule has 116 valence electrons. The largest absolute Gasteiger partial charge is 0.457 e. The standard InChI is InChI=1S/C17H19NO3S/c1-13-9-15(11-16(10-13)18-22(2,3)20)17(19)21-12-14-7-5-4-6-8-14/h4-11H,12H2,1-3H3. The predicted molar refractivity (Wildman–Crippen MR) is 88.8 cm³/mol. The number of nitrogens with zero attached hydrogens (tertiary/aromatic N) is 1. The van der Waals surface area contributed by atoms with Crippen molar-refractivity contribution in [3.8, 4) is 0 Å². The summed E-state index contributed by atoms with van der Waals surface area (Å²) in [7, 11) is -2.27. The molecule has 0 amide bonds. The molecular weight excluding hydrogens is 298 g/mol. The van der Waals surface area contributed by atoms with Crippen LogP contribution in [0.5, 0.6) is 0 Å². The van der Waals surface area contributed by atoms with Crippen molar-refractivity contribution < 1.29 is 13.7 Å². The number of rotatable bonds is 4. The molecular formula is C17H19NO3S. The minimum atomic E-state index is -2.27. The van der Waals surface area contributed by atoms with Crippen molar-refractivity contribution in [2.45, 2.75) is 13.5 Å². The Hall–Kier alpha value is -2.14. The first-order chi connectivity index (χ1) is 10.3. The van der Waals surface area contributed by atoms with Gasteiger partial charge in [0.25, 0.3) is 0 Å². The summed E-state index contributed by atoms with van der Waals surface area (Å²) < 4.78 is 21.2. The highest BCUT2D eigenvalue weighted by Crippen LogP contribution is 2.20. The summed E-state index contributed by atoms with van der Waals surface area (Å²) in [6.07, 6.45) is 3.12. The van der Waals surface area contributed by atoms with Crippen LogP contribution in [0.3, 0.4) is 0 Å². The summed E-state index contributed by atoms with van der Waals surface area (Å²) >= 11 is 0. The minimum absolute atomic E-state index is 0.221. The fourth-order valence-electron chi connectivity index (χ4n) is 1.99. The second-order valence-corrected chi connectivity index (χ2v) is 7.94. The molecule has 22 heavy (non-hydrogen) atoms. The molecule has 0 fully saturated rings. The maximum atomic E-state index is 12.2. The van der Waals surface area contributed by atoms with Crippen LogP contribution < -0.4 is 0 Å². The van der Waals surface area contributed by atoms with Crippen LogP contribution in [0.25, 0.3) is 0 Å². The molecule has 0 aromatic heterocycles. The van der Waals surface area contributed by atoms with Crippen LogP contribution in [-0.2, 0) is 21.1 Å². The van der Waals surface area contributed by atoms with E-state index in [1.165, 1.54) is 0 Å². The predicted octanol–water partition coefficient (Wildman–Crippen LogP) is 3.71. The smallest absolute Gasteiger partial charge is 0.338 e. The second kappa shape index (κ2) is 6.75. The Morgan fingerprint density at radius 2 is 1.82 bits per heavy atom. The van der Waals surface area contributed by atoms with E-state index in [4.69, 9.17) is 4.74 Å². The quantitative estimate of drug-likeness (QED) is 0.808. The molecule has 0 aliphatic heterocycles. The Kier molecular flexibility index (Phi) is 4.98. The molecule has 0 N–H and O–H groups in total. The van der Waals surface area contributed by atoms with Gasteiger partial charge in [-0.3, -0.25) is 0 Å². The maximum absolute atomic E-state index is 12.2. The van der Waals surface area contributed by atoms with Gasteiger partial charge < -0.3 is 4.74 Å². The molecule has 0 aliphatic carbocycles. The number of hydrogen-bond acceptors (Lipinski definition) is 4. The lowest BCUT2D eigenvalue weighted by Gasteiger charge is -2.07. The fourth-order valence-corrected chi connectivity index (χ4v) is 2.61. The number of hydrogen-bond donors (Lipinski definition) is 0. The number of ether oxygens (including phenoxy) is 1. The third-order valence-electron chi connectivity index (χ3n) is 2.84. The number of carbonyl (C=O) groups is 1. The van der Waals surface area contributed by atoms with Gasteiger partial charge in [0.15, 0.2) is 0 Å². The minimum Gasteiger partial charge on any atom is -0.457 e. The van der Waals surface area contributed by atoms with Crippen LogP contribution in [0.1, 0.15) is 21.5 Å². The molecule has 2 rings (SSSR count). The summed E-state index contributed by atoms with van der Waals surface area (Å²) in [5.41, 5.74) is 2.75. The summed E-state index contributed by atoms with van der Waals surface area (Å²) in [6, 6.07) is 14.6. The number of benzene rings is 2. The highest BCUT2D eigenvalue weighted by molar-refractivity contribution is 7.92. The summed E-state index contributed by atoms with van der Waals surface area (Å²) in [5.74, 6) is -0.414. The van der Waals surface area contributed by atoms with Crippen LogP contribution in [0.4, 0.5) is 5.69 Å². The lowest BCUT2D eigenvalue weighted by molar-refractivity contribution is 0.0472. The molecule has 2 aromatic carbocycles. The van der Waals surface area contributed by atoms with Gasteiger partial charge in [0.1, 0.15) is 6.61 Å². The van der Waals surface area contributed by atoms with Crippen molar-refractivity contribution in [1.29, 1.82) is 0 Å². The van der Waals surface area contributed by atoms with Crippen molar-refractivity contribution in [2.24, 2.45) is 4.36 Å². The van der Waals surface area contributed by atoms with E-state index in [1.54, 1.807) is 30.7 Å². The Labute approximate surface area is 131 Å². The van der Waals surface area contributed by atoms with E-state index in [-0.39, 0.29) is 6.61 Å². The first-order valence-electron chi connectivity index (χ1n) is 6.83. The molecule has 0 heterocycles. The molecule has 5 heteroatoms. The van der Waals surface area contributed by atoms with E-state index in [1.807, 2.05) is 37.3 Å². The zero-order valence-corrected chi connectivity index (χ0v) is 13.7. The molecule has 0 saturated carbocycles.